The van der Waals surface area contributed by atoms with Crippen molar-refractivity contribution in [1.82, 2.24) is 15.1 Å². The van der Waals surface area contributed by atoms with E-state index in [1.807, 2.05) is 77.5 Å². The number of guanidine groups is 1. The Labute approximate surface area is 168 Å². The number of hydrogen-bond acceptors (Lipinski definition) is 5. The molecule has 1 saturated heterocycles. The monoisotopic (exact) mass is 391 g/mol. The summed E-state index contributed by atoms with van der Waals surface area (Å²) in [7, 11) is 1.66. The minimum absolute atomic E-state index is 0. The molecule has 3 N–H and O–H groups in total. The topological polar surface area (TPSA) is 99.7 Å². The minimum Gasteiger partial charge on any atom is -0.412 e. The number of carbonyl (C=O) groups excluding carboxylic acids is 2. The average Bonchev–Trinajstić information content (AvgIpc) is 3.24. The number of aryl methyl sites for hydroxylation is 1. The van der Waals surface area contributed by atoms with Crippen LogP contribution in [0.4, 0.5) is 10.5 Å². The number of fused-ring (bicyclic) bond motifs is 3. The van der Waals surface area contributed by atoms with Gasteiger partial charge in [0, 0.05) is 24.5 Å². The second kappa shape index (κ2) is 6.75. The molecule has 148 valence electrons. The standard InChI is InChI=1S/C21H19N5O2.H2O/c1-13-8-10-15(11-9-13)26-16(14-6-4-3-5-7-14)12-25-17-18(22-20(25)26)24(2)21(28)23-19(17)27;/h3-12,17-18H,1-2H3,(H,23,27,28);1H2. The number of nitrogens with zero attached hydrogens (tertiary/aromatic N) is 4. The second-order valence-corrected chi connectivity index (χ2v) is 7.15. The van der Waals surface area contributed by atoms with Crippen LogP contribution in [-0.4, -0.2) is 52.4 Å². The number of urea groups is 1. The lowest BCUT2D eigenvalue weighted by Gasteiger charge is -2.34. The van der Waals surface area contributed by atoms with Gasteiger partial charge in [0.15, 0.2) is 12.2 Å². The van der Waals surface area contributed by atoms with Crippen molar-refractivity contribution in [3.05, 3.63) is 71.9 Å². The van der Waals surface area contributed by atoms with E-state index in [2.05, 4.69) is 5.32 Å². The minimum atomic E-state index is -0.577. The molecule has 2 aromatic rings. The van der Waals surface area contributed by atoms with Crippen molar-refractivity contribution in [2.75, 3.05) is 11.9 Å². The Hall–Kier alpha value is -3.65. The fourth-order valence-corrected chi connectivity index (χ4v) is 3.84. The molecule has 8 nitrogen and oxygen atoms in total. The normalized spacial score (nSPS) is 22.5. The summed E-state index contributed by atoms with van der Waals surface area (Å²) < 4.78 is 0. The lowest BCUT2D eigenvalue weighted by atomic mass is 10.1. The second-order valence-electron chi connectivity index (χ2n) is 7.15. The van der Waals surface area contributed by atoms with E-state index in [1.54, 1.807) is 7.05 Å². The summed E-state index contributed by atoms with van der Waals surface area (Å²) in [6.07, 6.45) is 1.40. The molecule has 0 aromatic heterocycles. The number of hydrogen-bond donors (Lipinski definition) is 1. The predicted molar refractivity (Wildman–Crippen MR) is 110 cm³/mol. The van der Waals surface area contributed by atoms with Crippen LogP contribution in [0.25, 0.3) is 5.70 Å². The molecule has 1 fully saturated rings. The number of carbonyl (C=O) groups is 2. The number of benzene rings is 2. The Morgan fingerprint density at radius 2 is 1.69 bits per heavy atom. The van der Waals surface area contributed by atoms with Gasteiger partial charge in [-0.05, 0) is 19.1 Å². The highest BCUT2D eigenvalue weighted by Crippen LogP contribution is 2.38. The molecule has 2 atom stereocenters. The molecule has 2 aromatic carbocycles. The van der Waals surface area contributed by atoms with E-state index in [-0.39, 0.29) is 11.4 Å². The molecule has 2 unspecified atom stereocenters. The van der Waals surface area contributed by atoms with Crippen LogP contribution in [0.15, 0.2) is 65.8 Å². The van der Waals surface area contributed by atoms with Crippen LogP contribution in [-0.2, 0) is 4.79 Å². The highest BCUT2D eigenvalue weighted by Gasteiger charge is 2.52. The van der Waals surface area contributed by atoms with E-state index in [9.17, 15) is 9.59 Å². The third-order valence-corrected chi connectivity index (χ3v) is 5.34. The van der Waals surface area contributed by atoms with Crippen molar-refractivity contribution >= 4 is 29.3 Å². The highest BCUT2D eigenvalue weighted by atomic mass is 16.2. The molecule has 0 radical (unpaired) electrons. The van der Waals surface area contributed by atoms with Gasteiger partial charge in [-0.2, -0.15) is 0 Å². The summed E-state index contributed by atoms with van der Waals surface area (Å²) in [4.78, 5) is 34.8. The van der Waals surface area contributed by atoms with Gasteiger partial charge in [-0.15, -0.1) is 0 Å². The molecule has 3 amide bonds. The van der Waals surface area contributed by atoms with E-state index >= 15 is 0 Å². The molecule has 3 heterocycles. The first-order valence-corrected chi connectivity index (χ1v) is 9.12. The largest absolute Gasteiger partial charge is 0.412 e. The van der Waals surface area contributed by atoms with Crippen molar-refractivity contribution in [2.24, 2.45) is 4.99 Å². The first kappa shape index (κ1) is 18.7. The van der Waals surface area contributed by atoms with E-state index in [0.29, 0.717) is 5.96 Å². The number of anilines is 1. The van der Waals surface area contributed by atoms with Crippen LogP contribution in [0.1, 0.15) is 11.1 Å². The third kappa shape index (κ3) is 2.76. The molecule has 3 aliphatic rings. The molecular weight excluding hydrogens is 370 g/mol. The quantitative estimate of drug-likeness (QED) is 0.839. The zero-order chi connectivity index (χ0) is 19.4. The van der Waals surface area contributed by atoms with Gasteiger partial charge in [0.1, 0.15) is 0 Å². The Bertz CT molecular complexity index is 1030. The SMILES string of the molecule is Cc1ccc(N2C(c3ccccc3)=CN3C2=NC2C3C(=O)NC(=O)N2C)cc1.O. The smallest absolute Gasteiger partial charge is 0.325 e. The molecule has 5 rings (SSSR count). The number of rotatable bonds is 2. The maximum atomic E-state index is 12.6. The zero-order valence-electron chi connectivity index (χ0n) is 16.0. The van der Waals surface area contributed by atoms with Crippen molar-refractivity contribution in [1.29, 1.82) is 0 Å². The highest BCUT2D eigenvalue weighted by molar-refractivity contribution is 6.16. The van der Waals surface area contributed by atoms with Gasteiger partial charge < -0.3 is 10.4 Å². The van der Waals surface area contributed by atoms with Crippen molar-refractivity contribution in [2.45, 2.75) is 19.1 Å². The van der Waals surface area contributed by atoms with Gasteiger partial charge in [-0.3, -0.25) is 19.9 Å². The van der Waals surface area contributed by atoms with Crippen LogP contribution >= 0.6 is 0 Å². The van der Waals surface area contributed by atoms with Gasteiger partial charge in [0.2, 0.25) is 5.96 Å². The number of amides is 3. The summed E-state index contributed by atoms with van der Waals surface area (Å²) in [6.45, 7) is 2.04. The average molecular weight is 391 g/mol. The molecule has 3 aliphatic heterocycles. The number of nitrogens with one attached hydrogen (secondary N) is 1. The summed E-state index contributed by atoms with van der Waals surface area (Å²) in [6, 6.07) is 17.2. The first-order chi connectivity index (χ1) is 13.5. The Morgan fingerprint density at radius 3 is 2.38 bits per heavy atom. The van der Waals surface area contributed by atoms with Gasteiger partial charge in [-0.1, -0.05) is 48.0 Å². The maximum Gasteiger partial charge on any atom is 0.325 e. The van der Waals surface area contributed by atoms with E-state index in [4.69, 9.17) is 4.99 Å². The fraction of sp³-hybridized carbons (Fsp3) is 0.190. The molecule has 0 spiro atoms. The third-order valence-electron chi connectivity index (χ3n) is 5.34. The van der Waals surface area contributed by atoms with Crippen LogP contribution in [0.3, 0.4) is 0 Å². The molecule has 0 aliphatic carbocycles. The van der Waals surface area contributed by atoms with Crippen LogP contribution < -0.4 is 10.2 Å². The van der Waals surface area contributed by atoms with E-state index in [1.165, 1.54) is 4.90 Å². The molecular formula is C21H21N5O3. The molecule has 0 saturated carbocycles. The van der Waals surface area contributed by atoms with Gasteiger partial charge in [-0.25, -0.2) is 9.79 Å². The van der Waals surface area contributed by atoms with Gasteiger partial charge in [0.25, 0.3) is 5.91 Å². The van der Waals surface area contributed by atoms with Crippen LogP contribution in [0.5, 0.6) is 0 Å². The Balaban J connectivity index is 0.00000205. The first-order valence-electron chi connectivity index (χ1n) is 9.12. The zero-order valence-corrected chi connectivity index (χ0v) is 16.0. The van der Waals surface area contributed by atoms with Crippen LogP contribution in [0.2, 0.25) is 0 Å². The molecule has 0 bridgehead atoms. The summed E-state index contributed by atoms with van der Waals surface area (Å²) in [5, 5.41) is 2.42. The van der Waals surface area contributed by atoms with Crippen molar-refractivity contribution in [3.8, 4) is 0 Å². The lowest BCUT2D eigenvalue weighted by molar-refractivity contribution is -0.126. The number of aliphatic imine (C=N–C) groups is 1. The number of likely N-dealkylation sites (N-methyl/N-ethyl adjacent to an activating group) is 1. The maximum absolute atomic E-state index is 12.6. The van der Waals surface area contributed by atoms with Gasteiger partial charge in [0.05, 0.1) is 5.70 Å². The number of imide groups is 1. The van der Waals surface area contributed by atoms with E-state index < -0.39 is 18.2 Å². The van der Waals surface area contributed by atoms with Crippen molar-refractivity contribution in [3.63, 3.8) is 0 Å². The lowest BCUT2D eigenvalue weighted by Crippen LogP contribution is -2.62. The van der Waals surface area contributed by atoms with E-state index in [0.717, 1.165) is 22.5 Å². The Kier molecular flexibility index (Phi) is 4.35. The summed E-state index contributed by atoms with van der Waals surface area (Å²) in [5.41, 5.74) is 4.08. The van der Waals surface area contributed by atoms with Crippen molar-refractivity contribution < 1.29 is 15.1 Å². The summed E-state index contributed by atoms with van der Waals surface area (Å²) in [5.74, 6) is 0.315. The predicted octanol–water partition coefficient (Wildman–Crippen LogP) is 1.54. The Morgan fingerprint density at radius 1 is 1.00 bits per heavy atom. The molecule has 29 heavy (non-hydrogen) atoms. The molecule has 8 heteroatoms. The van der Waals surface area contributed by atoms with Gasteiger partial charge >= 0.3 is 6.03 Å². The fourth-order valence-electron chi connectivity index (χ4n) is 3.84. The summed E-state index contributed by atoms with van der Waals surface area (Å²) >= 11 is 0. The van der Waals surface area contributed by atoms with Crippen LogP contribution in [0, 0.1) is 6.92 Å².